The number of morpholine rings is 1. The Kier molecular flexibility index (Phi) is 5.52. The second-order valence-electron chi connectivity index (χ2n) is 5.41. The third kappa shape index (κ3) is 4.15. The third-order valence-corrected chi connectivity index (χ3v) is 3.60. The van der Waals surface area contributed by atoms with Crippen LogP contribution in [0.3, 0.4) is 0 Å². The van der Waals surface area contributed by atoms with Crippen LogP contribution in [0.1, 0.15) is 25.8 Å². The van der Waals surface area contributed by atoms with Crippen molar-refractivity contribution < 1.29 is 9.66 Å². The van der Waals surface area contributed by atoms with Gasteiger partial charge in [-0.2, -0.15) is 0 Å². The van der Waals surface area contributed by atoms with Gasteiger partial charge in [0.15, 0.2) is 0 Å². The van der Waals surface area contributed by atoms with Gasteiger partial charge in [0.1, 0.15) is 5.69 Å². The van der Waals surface area contributed by atoms with Crippen molar-refractivity contribution in [2.24, 2.45) is 0 Å². The van der Waals surface area contributed by atoms with Crippen molar-refractivity contribution in [2.45, 2.75) is 32.9 Å². The molecule has 1 heterocycles. The van der Waals surface area contributed by atoms with Gasteiger partial charge in [-0.05, 0) is 18.9 Å². The first kappa shape index (κ1) is 15.7. The maximum atomic E-state index is 11.2. The summed E-state index contributed by atoms with van der Waals surface area (Å²) in [5.41, 5.74) is 1.79. The van der Waals surface area contributed by atoms with Crippen LogP contribution < -0.4 is 5.32 Å². The van der Waals surface area contributed by atoms with Crippen LogP contribution in [0, 0.1) is 10.1 Å². The quantitative estimate of drug-likeness (QED) is 0.645. The van der Waals surface area contributed by atoms with Crippen molar-refractivity contribution in [2.75, 3.05) is 31.6 Å². The molecule has 1 N–H and O–H groups in total. The third-order valence-electron chi connectivity index (χ3n) is 3.60. The molecule has 0 aliphatic carbocycles. The van der Waals surface area contributed by atoms with E-state index in [1.807, 2.05) is 13.0 Å². The highest BCUT2D eigenvalue weighted by atomic mass is 16.6. The Hall–Kier alpha value is -1.66. The number of para-hydroxylation sites is 1. The van der Waals surface area contributed by atoms with Crippen molar-refractivity contribution >= 4 is 11.4 Å². The second-order valence-corrected chi connectivity index (χ2v) is 5.41. The predicted molar refractivity (Wildman–Crippen MR) is 82.6 cm³/mol. The van der Waals surface area contributed by atoms with E-state index in [0.717, 1.165) is 31.6 Å². The summed E-state index contributed by atoms with van der Waals surface area (Å²) in [5, 5.41) is 14.4. The van der Waals surface area contributed by atoms with Gasteiger partial charge in [-0.15, -0.1) is 0 Å². The monoisotopic (exact) mass is 293 g/mol. The van der Waals surface area contributed by atoms with Crippen molar-refractivity contribution in [3.63, 3.8) is 0 Å². The normalized spacial score (nSPS) is 19.4. The first-order chi connectivity index (χ1) is 10.1. The van der Waals surface area contributed by atoms with Crippen molar-refractivity contribution in [1.82, 2.24) is 4.90 Å². The molecule has 0 aromatic heterocycles. The molecule has 0 radical (unpaired) electrons. The molecule has 0 amide bonds. The lowest BCUT2D eigenvalue weighted by atomic mass is 10.1. The molecule has 21 heavy (non-hydrogen) atoms. The minimum atomic E-state index is -0.316. The Bertz CT molecular complexity index is 493. The Morgan fingerprint density at radius 3 is 3.00 bits per heavy atom. The SMILES string of the molecule is CCCNc1c(CN2CCOC(C)C2)cccc1[N+](=O)[O-]. The summed E-state index contributed by atoms with van der Waals surface area (Å²) in [5.74, 6) is 0. The number of hydrogen-bond donors (Lipinski definition) is 1. The van der Waals surface area contributed by atoms with Gasteiger partial charge in [0, 0.05) is 32.2 Å². The van der Waals surface area contributed by atoms with E-state index in [9.17, 15) is 10.1 Å². The van der Waals surface area contributed by atoms with Gasteiger partial charge in [-0.25, -0.2) is 0 Å². The van der Waals surface area contributed by atoms with Crippen LogP contribution in [0.5, 0.6) is 0 Å². The standard InChI is InChI=1S/C15H23N3O3/c1-3-7-16-15-13(5-4-6-14(15)18(19)20)11-17-8-9-21-12(2)10-17/h4-6,12,16H,3,7-11H2,1-2H3. The van der Waals surface area contributed by atoms with Crippen molar-refractivity contribution in [3.8, 4) is 0 Å². The number of nitrogens with one attached hydrogen (secondary N) is 1. The van der Waals surface area contributed by atoms with Crippen molar-refractivity contribution in [1.29, 1.82) is 0 Å². The van der Waals surface area contributed by atoms with Gasteiger partial charge in [0.2, 0.25) is 0 Å². The Morgan fingerprint density at radius 2 is 2.33 bits per heavy atom. The number of rotatable bonds is 6. The van der Waals surface area contributed by atoms with Crippen LogP contribution in [0.4, 0.5) is 11.4 Å². The lowest BCUT2D eigenvalue weighted by Crippen LogP contribution is -2.40. The average Bonchev–Trinajstić information content (AvgIpc) is 2.45. The highest BCUT2D eigenvalue weighted by molar-refractivity contribution is 5.66. The molecule has 1 aliphatic rings. The molecule has 0 bridgehead atoms. The predicted octanol–water partition coefficient (Wildman–Crippen LogP) is 2.64. The first-order valence-corrected chi connectivity index (χ1v) is 7.46. The lowest BCUT2D eigenvalue weighted by molar-refractivity contribution is -0.384. The molecule has 1 saturated heterocycles. The molecule has 0 saturated carbocycles. The van der Waals surface area contributed by atoms with E-state index in [2.05, 4.69) is 17.1 Å². The minimum Gasteiger partial charge on any atom is -0.379 e. The molecule has 2 rings (SSSR count). The van der Waals surface area contributed by atoms with E-state index in [1.54, 1.807) is 12.1 Å². The van der Waals surface area contributed by atoms with Gasteiger partial charge >= 0.3 is 0 Å². The Balaban J connectivity index is 2.20. The molecule has 1 aliphatic heterocycles. The fraction of sp³-hybridized carbons (Fsp3) is 0.600. The molecule has 1 fully saturated rings. The number of hydrogen-bond acceptors (Lipinski definition) is 5. The highest BCUT2D eigenvalue weighted by Gasteiger charge is 2.21. The molecular weight excluding hydrogens is 270 g/mol. The van der Waals surface area contributed by atoms with Gasteiger partial charge < -0.3 is 10.1 Å². The topological polar surface area (TPSA) is 67.6 Å². The molecular formula is C15H23N3O3. The maximum absolute atomic E-state index is 11.2. The zero-order valence-corrected chi connectivity index (χ0v) is 12.7. The number of nitrogens with zero attached hydrogens (tertiary/aromatic N) is 2. The smallest absolute Gasteiger partial charge is 0.292 e. The van der Waals surface area contributed by atoms with E-state index in [1.165, 1.54) is 0 Å². The molecule has 6 nitrogen and oxygen atoms in total. The summed E-state index contributed by atoms with van der Waals surface area (Å²) in [7, 11) is 0. The lowest BCUT2D eigenvalue weighted by Gasteiger charge is -2.31. The first-order valence-electron chi connectivity index (χ1n) is 7.46. The Labute approximate surface area is 125 Å². The Morgan fingerprint density at radius 1 is 1.52 bits per heavy atom. The number of benzene rings is 1. The number of anilines is 1. The fourth-order valence-electron chi connectivity index (χ4n) is 2.60. The van der Waals surface area contributed by atoms with Gasteiger partial charge in [-0.3, -0.25) is 15.0 Å². The summed E-state index contributed by atoms with van der Waals surface area (Å²) in [4.78, 5) is 13.2. The molecule has 1 aromatic rings. The second kappa shape index (κ2) is 7.38. The molecule has 0 spiro atoms. The van der Waals surface area contributed by atoms with E-state index in [4.69, 9.17) is 4.74 Å². The van der Waals surface area contributed by atoms with Crippen LogP contribution >= 0.6 is 0 Å². The molecule has 1 unspecified atom stereocenters. The summed E-state index contributed by atoms with van der Waals surface area (Å²) < 4.78 is 5.54. The molecule has 116 valence electrons. The number of nitro benzene ring substituents is 1. The van der Waals surface area contributed by atoms with Crippen LogP contribution in [0.25, 0.3) is 0 Å². The van der Waals surface area contributed by atoms with Crippen LogP contribution in [0.2, 0.25) is 0 Å². The summed E-state index contributed by atoms with van der Waals surface area (Å²) in [6, 6.07) is 5.28. The van der Waals surface area contributed by atoms with E-state index in [-0.39, 0.29) is 16.7 Å². The average molecular weight is 293 g/mol. The largest absolute Gasteiger partial charge is 0.379 e. The van der Waals surface area contributed by atoms with E-state index >= 15 is 0 Å². The zero-order valence-electron chi connectivity index (χ0n) is 12.7. The zero-order chi connectivity index (χ0) is 15.2. The molecule has 1 atom stereocenters. The minimum absolute atomic E-state index is 0.155. The summed E-state index contributed by atoms with van der Waals surface area (Å²) >= 11 is 0. The van der Waals surface area contributed by atoms with Gasteiger partial charge in [0.05, 0.1) is 17.6 Å². The molecule has 6 heteroatoms. The number of nitro groups is 1. The van der Waals surface area contributed by atoms with Gasteiger partial charge in [-0.1, -0.05) is 19.1 Å². The maximum Gasteiger partial charge on any atom is 0.292 e. The van der Waals surface area contributed by atoms with Crippen LogP contribution in [0.15, 0.2) is 18.2 Å². The number of ether oxygens (including phenoxy) is 1. The summed E-state index contributed by atoms with van der Waals surface area (Å²) in [6.07, 6.45) is 1.14. The fourth-order valence-corrected chi connectivity index (χ4v) is 2.60. The van der Waals surface area contributed by atoms with Crippen LogP contribution in [-0.4, -0.2) is 42.2 Å². The van der Waals surface area contributed by atoms with E-state index < -0.39 is 0 Å². The van der Waals surface area contributed by atoms with E-state index in [0.29, 0.717) is 18.8 Å². The van der Waals surface area contributed by atoms with Gasteiger partial charge in [0.25, 0.3) is 5.69 Å². The molecule has 1 aromatic carbocycles. The highest BCUT2D eigenvalue weighted by Crippen LogP contribution is 2.29. The summed E-state index contributed by atoms with van der Waals surface area (Å²) in [6.45, 7) is 7.98. The van der Waals surface area contributed by atoms with Crippen molar-refractivity contribution in [3.05, 3.63) is 33.9 Å². The van der Waals surface area contributed by atoms with Crippen LogP contribution in [-0.2, 0) is 11.3 Å².